The molecule has 2 aliphatic heterocycles. The van der Waals surface area contributed by atoms with Crippen molar-refractivity contribution in [1.82, 2.24) is 0 Å². The van der Waals surface area contributed by atoms with Gasteiger partial charge in [0.05, 0.1) is 18.1 Å². The number of hydrogen-bond acceptors (Lipinski definition) is 3. The molecule has 3 rings (SSSR count). The van der Waals surface area contributed by atoms with E-state index in [1.807, 2.05) is 17.8 Å². The number of aliphatic hydroxyl groups is 1. The van der Waals surface area contributed by atoms with Crippen molar-refractivity contribution in [2.24, 2.45) is 0 Å². The summed E-state index contributed by atoms with van der Waals surface area (Å²) in [6.07, 6.45) is 3.75. The van der Waals surface area contributed by atoms with Crippen LogP contribution in [0.1, 0.15) is 36.8 Å². The smallest absolute Gasteiger partial charge is 0.129 e. The van der Waals surface area contributed by atoms with Crippen molar-refractivity contribution < 1.29 is 9.50 Å². The average molecular weight is 277 g/mol. The van der Waals surface area contributed by atoms with Crippen LogP contribution in [0.3, 0.4) is 0 Å². The number of hydrogen-bond donors (Lipinski definition) is 1. The first-order valence-electron chi connectivity index (χ1n) is 6.64. The summed E-state index contributed by atoms with van der Waals surface area (Å²) in [7, 11) is 0. The van der Waals surface area contributed by atoms with Crippen LogP contribution in [0.2, 0.25) is 0 Å². The lowest BCUT2D eigenvalue weighted by atomic mass is 9.85. The molecular weight excluding hydrogens is 261 g/mol. The van der Waals surface area contributed by atoms with Crippen LogP contribution in [0.25, 0.3) is 0 Å². The third-order valence-electron chi connectivity index (χ3n) is 4.14. The number of nitriles is 1. The lowest BCUT2D eigenvalue weighted by molar-refractivity contribution is 0.0162. The third kappa shape index (κ3) is 2.37. The largest absolute Gasteiger partial charge is 0.385 e. The molecule has 2 saturated heterocycles. The maximum atomic E-state index is 14.2. The van der Waals surface area contributed by atoms with Gasteiger partial charge >= 0.3 is 0 Å². The van der Waals surface area contributed by atoms with Crippen LogP contribution < -0.4 is 0 Å². The quantitative estimate of drug-likeness (QED) is 0.903. The molecule has 0 aromatic heterocycles. The topological polar surface area (TPSA) is 44.0 Å². The normalized spacial score (nSPS) is 33.1. The number of thioether (sulfide) groups is 1. The van der Waals surface area contributed by atoms with E-state index in [2.05, 4.69) is 0 Å². The van der Waals surface area contributed by atoms with E-state index in [1.54, 1.807) is 12.1 Å². The first kappa shape index (κ1) is 13.0. The van der Waals surface area contributed by atoms with E-state index in [0.29, 0.717) is 34.5 Å². The Balaban J connectivity index is 1.91. The Morgan fingerprint density at radius 2 is 2.05 bits per heavy atom. The highest BCUT2D eigenvalue weighted by molar-refractivity contribution is 8.00. The van der Waals surface area contributed by atoms with Gasteiger partial charge in [0.15, 0.2) is 0 Å². The van der Waals surface area contributed by atoms with Crippen LogP contribution in [0, 0.1) is 17.1 Å². The maximum absolute atomic E-state index is 14.2. The van der Waals surface area contributed by atoms with Gasteiger partial charge in [0.2, 0.25) is 0 Å². The molecule has 1 N–H and O–H groups in total. The van der Waals surface area contributed by atoms with Crippen molar-refractivity contribution in [3.63, 3.8) is 0 Å². The molecule has 2 bridgehead atoms. The van der Waals surface area contributed by atoms with Crippen LogP contribution in [-0.4, -0.2) is 15.6 Å². The van der Waals surface area contributed by atoms with Gasteiger partial charge in [-0.2, -0.15) is 17.0 Å². The van der Waals surface area contributed by atoms with E-state index in [-0.39, 0.29) is 12.2 Å². The molecule has 2 aliphatic rings. The van der Waals surface area contributed by atoms with Crippen molar-refractivity contribution in [3.8, 4) is 6.07 Å². The van der Waals surface area contributed by atoms with E-state index in [1.165, 1.54) is 6.07 Å². The zero-order chi connectivity index (χ0) is 13.5. The van der Waals surface area contributed by atoms with Crippen molar-refractivity contribution in [2.75, 3.05) is 0 Å². The van der Waals surface area contributed by atoms with Gasteiger partial charge in [0.25, 0.3) is 0 Å². The van der Waals surface area contributed by atoms with Gasteiger partial charge in [0.1, 0.15) is 5.82 Å². The summed E-state index contributed by atoms with van der Waals surface area (Å²) < 4.78 is 14.2. The van der Waals surface area contributed by atoms with Gasteiger partial charge in [-0.25, -0.2) is 4.39 Å². The Bertz CT molecular complexity index is 527. The summed E-state index contributed by atoms with van der Waals surface area (Å²) >= 11 is 1.94. The molecule has 2 unspecified atom stereocenters. The molecule has 0 amide bonds. The molecule has 2 fully saturated rings. The van der Waals surface area contributed by atoms with Crippen molar-refractivity contribution in [2.45, 2.75) is 48.2 Å². The van der Waals surface area contributed by atoms with Crippen molar-refractivity contribution in [3.05, 3.63) is 35.1 Å². The Morgan fingerprint density at radius 1 is 1.37 bits per heavy atom. The van der Waals surface area contributed by atoms with E-state index < -0.39 is 5.60 Å². The average Bonchev–Trinajstić information content (AvgIpc) is 2.69. The number of rotatable bonds is 2. The van der Waals surface area contributed by atoms with Crippen molar-refractivity contribution in [1.29, 1.82) is 5.26 Å². The molecule has 100 valence electrons. The second kappa shape index (κ2) is 4.81. The lowest BCUT2D eigenvalue weighted by Gasteiger charge is -2.36. The van der Waals surface area contributed by atoms with Crippen LogP contribution >= 0.6 is 11.8 Å². The van der Waals surface area contributed by atoms with Crippen LogP contribution in [0.5, 0.6) is 0 Å². The van der Waals surface area contributed by atoms with E-state index in [4.69, 9.17) is 5.26 Å². The maximum Gasteiger partial charge on any atom is 0.129 e. The SMILES string of the molecule is N#CCc1ccc(C2(O)CC3CCC(C2)S3)c(F)c1. The van der Waals surface area contributed by atoms with Gasteiger partial charge in [-0.05, 0) is 37.3 Å². The van der Waals surface area contributed by atoms with E-state index >= 15 is 0 Å². The highest BCUT2D eigenvalue weighted by Crippen LogP contribution is 2.51. The summed E-state index contributed by atoms with van der Waals surface area (Å²) in [6.45, 7) is 0. The standard InChI is InChI=1S/C15H16FNOS/c16-14-7-10(5-6-17)1-4-13(14)15(18)8-11-2-3-12(9-15)19-11/h1,4,7,11-12,18H,2-3,5,8-9H2. The Kier molecular flexibility index (Phi) is 3.28. The minimum absolute atomic E-state index is 0.205. The molecule has 19 heavy (non-hydrogen) atoms. The fraction of sp³-hybridized carbons (Fsp3) is 0.533. The molecule has 2 heterocycles. The lowest BCUT2D eigenvalue weighted by Crippen LogP contribution is -2.35. The monoisotopic (exact) mass is 277 g/mol. The third-order valence-corrected chi connectivity index (χ3v) is 5.72. The van der Waals surface area contributed by atoms with Gasteiger partial charge < -0.3 is 5.11 Å². The molecule has 0 saturated carbocycles. The summed E-state index contributed by atoms with van der Waals surface area (Å²) in [4.78, 5) is 0. The van der Waals surface area contributed by atoms with Crippen molar-refractivity contribution >= 4 is 11.8 Å². The van der Waals surface area contributed by atoms with E-state index in [9.17, 15) is 9.50 Å². The Hall–Kier alpha value is -1.05. The molecule has 4 heteroatoms. The zero-order valence-corrected chi connectivity index (χ0v) is 11.4. The van der Waals surface area contributed by atoms with Crippen LogP contribution in [-0.2, 0) is 12.0 Å². The number of fused-ring (bicyclic) bond motifs is 2. The minimum atomic E-state index is -1.02. The van der Waals surface area contributed by atoms with Gasteiger partial charge in [0, 0.05) is 16.1 Å². The van der Waals surface area contributed by atoms with Gasteiger partial charge in [-0.15, -0.1) is 0 Å². The van der Waals surface area contributed by atoms with Crippen LogP contribution in [0.15, 0.2) is 18.2 Å². The highest BCUT2D eigenvalue weighted by atomic mass is 32.2. The van der Waals surface area contributed by atoms with E-state index in [0.717, 1.165) is 12.8 Å². The van der Waals surface area contributed by atoms with Gasteiger partial charge in [-0.1, -0.05) is 12.1 Å². The van der Waals surface area contributed by atoms with Gasteiger partial charge in [-0.3, -0.25) is 0 Å². The molecule has 1 aromatic carbocycles. The molecule has 2 atom stereocenters. The number of nitrogens with zero attached hydrogens (tertiary/aromatic N) is 1. The fourth-order valence-corrected chi connectivity index (χ4v) is 5.11. The molecule has 1 aromatic rings. The highest BCUT2D eigenvalue weighted by Gasteiger charge is 2.45. The predicted octanol–water partition coefficient (Wildman–Crippen LogP) is 3.14. The second-order valence-corrected chi connectivity index (χ2v) is 7.15. The zero-order valence-electron chi connectivity index (χ0n) is 10.6. The number of benzene rings is 1. The predicted molar refractivity (Wildman–Crippen MR) is 73.2 cm³/mol. The van der Waals surface area contributed by atoms with Crippen LogP contribution in [0.4, 0.5) is 4.39 Å². The fourth-order valence-electron chi connectivity index (χ4n) is 3.27. The second-order valence-electron chi connectivity index (χ2n) is 5.55. The summed E-state index contributed by atoms with van der Waals surface area (Å²) in [5, 5.41) is 20.4. The molecule has 0 aliphatic carbocycles. The summed E-state index contributed by atoms with van der Waals surface area (Å²) in [5.41, 5.74) is 0.0543. The first-order valence-corrected chi connectivity index (χ1v) is 7.59. The Labute approximate surface area is 116 Å². The molecule has 0 spiro atoms. The minimum Gasteiger partial charge on any atom is -0.385 e. The number of halogens is 1. The summed E-state index contributed by atoms with van der Waals surface area (Å²) in [5.74, 6) is -0.374. The molecule has 2 nitrogen and oxygen atoms in total. The molecule has 0 radical (unpaired) electrons. The molecular formula is C15H16FNOS. The summed E-state index contributed by atoms with van der Waals surface area (Å²) in [6, 6.07) is 6.82. The Morgan fingerprint density at radius 3 is 2.63 bits per heavy atom. The first-order chi connectivity index (χ1) is 9.10.